The first-order valence-electron chi connectivity index (χ1n) is 3.71. The minimum atomic E-state index is 0.824. The van der Waals surface area contributed by atoms with Crippen LogP contribution in [-0.2, 0) is 0 Å². The Labute approximate surface area is 65.1 Å². The van der Waals surface area contributed by atoms with Crippen molar-refractivity contribution in [1.29, 1.82) is 0 Å². The third kappa shape index (κ3) is 0.966. The molecule has 0 aliphatic heterocycles. The van der Waals surface area contributed by atoms with Gasteiger partial charge in [0.05, 0.1) is 10.7 Å². The van der Waals surface area contributed by atoms with E-state index < -0.39 is 0 Å². The smallest absolute Gasteiger partial charge is 0.0900 e. The Hall–Kier alpha value is -0.370. The summed E-state index contributed by atoms with van der Waals surface area (Å²) in [5.74, 6) is 0.824. The van der Waals surface area contributed by atoms with E-state index in [0.717, 1.165) is 5.92 Å². The van der Waals surface area contributed by atoms with Crippen molar-refractivity contribution in [3.05, 3.63) is 15.6 Å². The van der Waals surface area contributed by atoms with Crippen molar-refractivity contribution in [3.8, 4) is 0 Å². The van der Waals surface area contributed by atoms with Crippen LogP contribution < -0.4 is 0 Å². The molecule has 0 N–H and O–H groups in total. The quantitative estimate of drug-likeness (QED) is 0.604. The molecule has 0 amide bonds. The fourth-order valence-electron chi connectivity index (χ4n) is 1.28. The van der Waals surface area contributed by atoms with E-state index in [9.17, 15) is 0 Å². The highest BCUT2D eigenvalue weighted by atomic mass is 32.1. The van der Waals surface area contributed by atoms with Gasteiger partial charge in [-0.25, -0.2) is 4.98 Å². The SMILES string of the molecule is Cc1nc(C2CC2)c(C)s1. The van der Waals surface area contributed by atoms with Crippen LogP contribution in [0.3, 0.4) is 0 Å². The second-order valence-corrected chi connectivity index (χ2v) is 4.36. The lowest BCUT2D eigenvalue weighted by atomic mass is 10.3. The van der Waals surface area contributed by atoms with Crippen molar-refractivity contribution in [1.82, 2.24) is 4.98 Å². The van der Waals surface area contributed by atoms with Crippen LogP contribution in [0.4, 0.5) is 0 Å². The fraction of sp³-hybridized carbons (Fsp3) is 0.625. The Morgan fingerprint density at radius 3 is 2.50 bits per heavy atom. The molecule has 1 fully saturated rings. The minimum absolute atomic E-state index is 0.824. The molecule has 0 radical (unpaired) electrons. The van der Waals surface area contributed by atoms with Crippen molar-refractivity contribution in [2.75, 3.05) is 0 Å². The zero-order valence-corrected chi connectivity index (χ0v) is 7.16. The van der Waals surface area contributed by atoms with Crippen LogP contribution in [0.1, 0.15) is 34.3 Å². The first-order chi connectivity index (χ1) is 4.77. The normalized spacial score (nSPS) is 17.8. The summed E-state index contributed by atoms with van der Waals surface area (Å²) < 4.78 is 0. The predicted molar refractivity (Wildman–Crippen MR) is 43.6 cm³/mol. The molecule has 54 valence electrons. The second kappa shape index (κ2) is 2.06. The first kappa shape index (κ1) is 6.35. The molecule has 2 heteroatoms. The highest BCUT2D eigenvalue weighted by Crippen LogP contribution is 2.42. The van der Waals surface area contributed by atoms with Crippen molar-refractivity contribution >= 4 is 11.3 Å². The molecular formula is C8H11NS. The summed E-state index contributed by atoms with van der Waals surface area (Å²) in [5, 5.41) is 1.22. The summed E-state index contributed by atoms with van der Waals surface area (Å²) in [5.41, 5.74) is 1.38. The van der Waals surface area contributed by atoms with Crippen LogP contribution >= 0.6 is 11.3 Å². The molecule has 1 aliphatic rings. The van der Waals surface area contributed by atoms with E-state index >= 15 is 0 Å². The van der Waals surface area contributed by atoms with Gasteiger partial charge < -0.3 is 0 Å². The Bertz CT molecular complexity index is 248. The van der Waals surface area contributed by atoms with Crippen molar-refractivity contribution < 1.29 is 0 Å². The van der Waals surface area contributed by atoms with E-state index in [1.165, 1.54) is 28.4 Å². The zero-order chi connectivity index (χ0) is 7.14. The van der Waals surface area contributed by atoms with E-state index in [1.54, 1.807) is 0 Å². The molecule has 2 rings (SSSR count). The molecule has 1 heterocycles. The van der Waals surface area contributed by atoms with Crippen LogP contribution in [0.5, 0.6) is 0 Å². The number of aryl methyl sites for hydroxylation is 2. The standard InChI is InChI=1S/C8H11NS/c1-5-8(7-3-4-7)9-6(2)10-5/h7H,3-4H2,1-2H3. The highest BCUT2D eigenvalue weighted by molar-refractivity contribution is 7.11. The van der Waals surface area contributed by atoms with Gasteiger partial charge in [0, 0.05) is 10.8 Å². The molecule has 10 heavy (non-hydrogen) atoms. The maximum atomic E-state index is 4.49. The number of hydrogen-bond donors (Lipinski definition) is 0. The molecule has 0 atom stereocenters. The summed E-state index contributed by atoms with van der Waals surface area (Å²) in [7, 11) is 0. The van der Waals surface area contributed by atoms with Crippen LogP contribution in [0.15, 0.2) is 0 Å². The Balaban J connectivity index is 2.38. The molecule has 0 saturated heterocycles. The Kier molecular flexibility index (Phi) is 1.31. The topological polar surface area (TPSA) is 12.9 Å². The second-order valence-electron chi connectivity index (χ2n) is 2.95. The van der Waals surface area contributed by atoms with E-state index in [4.69, 9.17) is 0 Å². The number of thiazole rings is 1. The molecule has 0 bridgehead atoms. The van der Waals surface area contributed by atoms with E-state index in [2.05, 4.69) is 18.8 Å². The summed E-state index contributed by atoms with van der Waals surface area (Å²) in [6.07, 6.45) is 2.73. The average Bonchev–Trinajstić information content (AvgIpc) is 2.61. The van der Waals surface area contributed by atoms with Gasteiger partial charge in [-0.1, -0.05) is 0 Å². The van der Waals surface area contributed by atoms with Gasteiger partial charge in [-0.3, -0.25) is 0 Å². The predicted octanol–water partition coefficient (Wildman–Crippen LogP) is 2.64. The summed E-state index contributed by atoms with van der Waals surface area (Å²) in [6.45, 7) is 4.27. The van der Waals surface area contributed by atoms with E-state index in [0.29, 0.717) is 0 Å². The highest BCUT2D eigenvalue weighted by Gasteiger charge is 2.27. The summed E-state index contributed by atoms with van der Waals surface area (Å²) >= 11 is 1.83. The third-order valence-electron chi connectivity index (χ3n) is 1.90. The number of rotatable bonds is 1. The maximum Gasteiger partial charge on any atom is 0.0900 e. The van der Waals surface area contributed by atoms with Gasteiger partial charge >= 0.3 is 0 Å². The Morgan fingerprint density at radius 1 is 1.40 bits per heavy atom. The van der Waals surface area contributed by atoms with Gasteiger partial charge in [0.1, 0.15) is 0 Å². The molecule has 0 spiro atoms. The summed E-state index contributed by atoms with van der Waals surface area (Å²) in [6, 6.07) is 0. The van der Waals surface area contributed by atoms with Gasteiger partial charge in [0.25, 0.3) is 0 Å². The number of hydrogen-bond acceptors (Lipinski definition) is 2. The molecule has 1 aliphatic carbocycles. The van der Waals surface area contributed by atoms with Gasteiger partial charge in [-0.15, -0.1) is 11.3 Å². The van der Waals surface area contributed by atoms with E-state index in [-0.39, 0.29) is 0 Å². The lowest BCUT2D eigenvalue weighted by Gasteiger charge is -1.88. The van der Waals surface area contributed by atoms with Crippen LogP contribution in [-0.4, -0.2) is 4.98 Å². The van der Waals surface area contributed by atoms with Crippen LogP contribution in [0.2, 0.25) is 0 Å². The largest absolute Gasteiger partial charge is 0.246 e. The average molecular weight is 153 g/mol. The van der Waals surface area contributed by atoms with Gasteiger partial charge in [0.15, 0.2) is 0 Å². The number of nitrogens with zero attached hydrogens (tertiary/aromatic N) is 1. The maximum absolute atomic E-state index is 4.49. The molecule has 1 nitrogen and oxygen atoms in total. The van der Waals surface area contributed by atoms with Crippen molar-refractivity contribution in [3.63, 3.8) is 0 Å². The Morgan fingerprint density at radius 2 is 2.10 bits per heavy atom. The first-order valence-corrected chi connectivity index (χ1v) is 4.53. The number of aromatic nitrogens is 1. The van der Waals surface area contributed by atoms with Gasteiger partial charge in [-0.2, -0.15) is 0 Å². The lowest BCUT2D eigenvalue weighted by molar-refractivity contribution is 1.02. The molecule has 1 saturated carbocycles. The molecule has 1 aromatic rings. The fourth-order valence-corrected chi connectivity index (χ4v) is 2.18. The zero-order valence-electron chi connectivity index (χ0n) is 6.35. The monoisotopic (exact) mass is 153 g/mol. The third-order valence-corrected chi connectivity index (χ3v) is 2.81. The molecule has 1 aromatic heterocycles. The molecule has 0 aromatic carbocycles. The lowest BCUT2D eigenvalue weighted by Crippen LogP contribution is -1.80. The van der Waals surface area contributed by atoms with Crippen molar-refractivity contribution in [2.45, 2.75) is 32.6 Å². The van der Waals surface area contributed by atoms with Crippen LogP contribution in [0, 0.1) is 13.8 Å². The molecular weight excluding hydrogens is 142 g/mol. The van der Waals surface area contributed by atoms with Crippen LogP contribution in [0.25, 0.3) is 0 Å². The molecule has 0 unspecified atom stereocenters. The minimum Gasteiger partial charge on any atom is -0.246 e. The van der Waals surface area contributed by atoms with Gasteiger partial charge in [-0.05, 0) is 26.7 Å². The van der Waals surface area contributed by atoms with E-state index in [1.807, 2.05) is 11.3 Å². The summed E-state index contributed by atoms with van der Waals surface area (Å²) in [4.78, 5) is 5.92. The van der Waals surface area contributed by atoms with Crippen molar-refractivity contribution in [2.24, 2.45) is 0 Å². The van der Waals surface area contributed by atoms with Gasteiger partial charge in [0.2, 0.25) is 0 Å².